The lowest BCUT2D eigenvalue weighted by molar-refractivity contribution is -0.139. The van der Waals surface area contributed by atoms with Crippen LogP contribution in [0, 0.1) is 5.92 Å². The molecule has 3 saturated heterocycles. The smallest absolute Gasteiger partial charge is 0.266 e. The largest absolute Gasteiger partial charge is 0.340 e. The SMILES string of the molecule is CN1CCN(C(=O)[C@H]2CCCN(C3CCN(c4noc(C5CC5)n4)CC3)C2)CC1. The van der Waals surface area contributed by atoms with Crippen molar-refractivity contribution < 1.29 is 9.32 Å². The minimum Gasteiger partial charge on any atom is -0.340 e. The maximum absolute atomic E-state index is 13.0. The molecule has 8 heteroatoms. The first kappa shape index (κ1) is 19.3. The van der Waals surface area contributed by atoms with Gasteiger partial charge in [-0.2, -0.15) is 4.98 Å². The Bertz CT molecular complexity index is 704. The lowest BCUT2D eigenvalue weighted by Gasteiger charge is -2.43. The highest BCUT2D eigenvalue weighted by Crippen LogP contribution is 2.39. The van der Waals surface area contributed by atoms with Gasteiger partial charge >= 0.3 is 0 Å². The van der Waals surface area contributed by atoms with Gasteiger partial charge in [-0.25, -0.2) is 0 Å². The minimum absolute atomic E-state index is 0.184. The zero-order chi connectivity index (χ0) is 19.8. The van der Waals surface area contributed by atoms with E-state index in [1.54, 1.807) is 0 Å². The van der Waals surface area contributed by atoms with Crippen molar-refractivity contribution in [3.05, 3.63) is 5.89 Å². The molecule has 4 heterocycles. The molecule has 29 heavy (non-hydrogen) atoms. The summed E-state index contributed by atoms with van der Waals surface area (Å²) in [6.45, 7) is 7.78. The van der Waals surface area contributed by atoms with Gasteiger partial charge in [-0.15, -0.1) is 0 Å². The van der Waals surface area contributed by atoms with Gasteiger partial charge in [-0.1, -0.05) is 0 Å². The molecule has 8 nitrogen and oxygen atoms in total. The Kier molecular flexibility index (Phi) is 5.47. The van der Waals surface area contributed by atoms with Crippen molar-refractivity contribution in [3.63, 3.8) is 0 Å². The fourth-order valence-electron chi connectivity index (χ4n) is 5.11. The molecule has 5 rings (SSSR count). The van der Waals surface area contributed by atoms with E-state index in [2.05, 4.69) is 36.8 Å². The van der Waals surface area contributed by atoms with Crippen molar-refractivity contribution in [2.75, 3.05) is 64.3 Å². The maximum Gasteiger partial charge on any atom is 0.266 e. The third-order valence-electron chi connectivity index (χ3n) is 7.24. The molecule has 0 spiro atoms. The van der Waals surface area contributed by atoms with Gasteiger partial charge in [-0.3, -0.25) is 9.69 Å². The Morgan fingerprint density at radius 1 is 0.966 bits per heavy atom. The number of carbonyl (C=O) groups excluding carboxylic acids is 1. The number of piperazine rings is 1. The number of rotatable bonds is 4. The molecule has 1 amide bonds. The number of likely N-dealkylation sites (N-methyl/N-ethyl adjacent to an activating group) is 1. The third-order valence-corrected chi connectivity index (χ3v) is 7.24. The minimum atomic E-state index is 0.184. The lowest BCUT2D eigenvalue weighted by atomic mass is 9.92. The van der Waals surface area contributed by atoms with E-state index in [4.69, 9.17) is 4.52 Å². The van der Waals surface area contributed by atoms with Gasteiger partial charge in [0.1, 0.15) is 0 Å². The number of aromatic nitrogens is 2. The molecule has 3 aliphatic heterocycles. The summed E-state index contributed by atoms with van der Waals surface area (Å²) in [5.74, 6) is 2.68. The van der Waals surface area contributed by atoms with Crippen molar-refractivity contribution in [1.29, 1.82) is 0 Å². The zero-order valence-electron chi connectivity index (χ0n) is 17.6. The molecule has 1 atom stereocenters. The molecular weight excluding hydrogens is 368 g/mol. The van der Waals surface area contributed by atoms with Crippen molar-refractivity contribution >= 4 is 11.9 Å². The van der Waals surface area contributed by atoms with E-state index in [9.17, 15) is 4.79 Å². The van der Waals surface area contributed by atoms with Crippen LogP contribution < -0.4 is 4.90 Å². The van der Waals surface area contributed by atoms with Crippen LogP contribution in [0.2, 0.25) is 0 Å². The average molecular weight is 403 g/mol. The number of anilines is 1. The summed E-state index contributed by atoms with van der Waals surface area (Å²) in [4.78, 5) is 26.9. The Morgan fingerprint density at radius 2 is 1.72 bits per heavy atom. The first-order chi connectivity index (χ1) is 14.2. The first-order valence-electron chi connectivity index (χ1n) is 11.5. The van der Waals surface area contributed by atoms with Crippen molar-refractivity contribution in [3.8, 4) is 0 Å². The predicted molar refractivity (Wildman–Crippen MR) is 110 cm³/mol. The molecule has 0 aromatic carbocycles. The van der Waals surface area contributed by atoms with Crippen LogP contribution in [0.25, 0.3) is 0 Å². The quantitative estimate of drug-likeness (QED) is 0.754. The van der Waals surface area contributed by atoms with E-state index in [1.807, 2.05) is 0 Å². The number of hydrogen-bond donors (Lipinski definition) is 0. The average Bonchev–Trinajstić information content (AvgIpc) is 3.51. The fraction of sp³-hybridized carbons (Fsp3) is 0.857. The lowest BCUT2D eigenvalue weighted by Crippen LogP contribution is -2.54. The van der Waals surface area contributed by atoms with Gasteiger partial charge in [0.2, 0.25) is 11.8 Å². The molecule has 0 unspecified atom stereocenters. The second-order valence-corrected chi connectivity index (χ2v) is 9.39. The van der Waals surface area contributed by atoms with E-state index in [0.29, 0.717) is 17.9 Å². The third kappa shape index (κ3) is 4.28. The van der Waals surface area contributed by atoms with Crippen LogP contribution in [0.3, 0.4) is 0 Å². The van der Waals surface area contributed by atoms with Crippen LogP contribution in [-0.4, -0.2) is 96.2 Å². The number of amides is 1. The second-order valence-electron chi connectivity index (χ2n) is 9.39. The molecule has 1 saturated carbocycles. The van der Waals surface area contributed by atoms with E-state index in [-0.39, 0.29) is 5.92 Å². The molecule has 1 aromatic heterocycles. The van der Waals surface area contributed by atoms with Crippen LogP contribution in [0.5, 0.6) is 0 Å². The Balaban J connectivity index is 1.13. The highest BCUT2D eigenvalue weighted by molar-refractivity contribution is 5.79. The zero-order valence-corrected chi connectivity index (χ0v) is 17.6. The number of nitrogens with zero attached hydrogens (tertiary/aromatic N) is 6. The Morgan fingerprint density at radius 3 is 2.45 bits per heavy atom. The van der Waals surface area contributed by atoms with E-state index in [0.717, 1.165) is 89.9 Å². The van der Waals surface area contributed by atoms with Crippen LogP contribution in [0.15, 0.2) is 4.52 Å². The van der Waals surface area contributed by atoms with Crippen LogP contribution in [0.1, 0.15) is 50.3 Å². The summed E-state index contributed by atoms with van der Waals surface area (Å²) in [6.07, 6.45) is 6.79. The second kappa shape index (κ2) is 8.22. The molecule has 1 aromatic rings. The maximum atomic E-state index is 13.0. The van der Waals surface area contributed by atoms with Crippen molar-refractivity contribution in [2.45, 2.75) is 50.5 Å². The fourth-order valence-corrected chi connectivity index (χ4v) is 5.11. The molecule has 0 N–H and O–H groups in total. The van der Waals surface area contributed by atoms with Gasteiger partial charge in [0.25, 0.3) is 5.95 Å². The van der Waals surface area contributed by atoms with Crippen LogP contribution in [-0.2, 0) is 4.79 Å². The summed E-state index contributed by atoms with van der Waals surface area (Å²) >= 11 is 0. The number of hydrogen-bond acceptors (Lipinski definition) is 7. The molecule has 160 valence electrons. The van der Waals surface area contributed by atoms with Crippen LogP contribution in [0.4, 0.5) is 5.95 Å². The summed E-state index contributed by atoms with van der Waals surface area (Å²) in [5, 5.41) is 4.20. The number of likely N-dealkylation sites (tertiary alicyclic amines) is 1. The van der Waals surface area contributed by atoms with Crippen LogP contribution >= 0.6 is 0 Å². The normalized spacial score (nSPS) is 28.1. The Labute approximate surface area is 173 Å². The van der Waals surface area contributed by atoms with Gasteiger partial charge in [-0.05, 0) is 57.3 Å². The van der Waals surface area contributed by atoms with Gasteiger partial charge in [0.05, 0.1) is 5.92 Å². The van der Waals surface area contributed by atoms with Gasteiger partial charge < -0.3 is 19.2 Å². The summed E-state index contributed by atoms with van der Waals surface area (Å²) in [5.41, 5.74) is 0. The molecule has 4 fully saturated rings. The summed E-state index contributed by atoms with van der Waals surface area (Å²) in [6, 6.07) is 0.573. The van der Waals surface area contributed by atoms with E-state index < -0.39 is 0 Å². The van der Waals surface area contributed by atoms with Gasteiger partial charge in [0.15, 0.2) is 0 Å². The molecule has 0 bridgehead atoms. The standard InChI is InChI=1S/C21H34N6O2/c1-24-11-13-25(14-12-24)20(28)17-3-2-8-27(15-17)18-6-9-26(10-7-18)21-22-19(29-23-21)16-4-5-16/h16-18H,2-15H2,1H3/t17-/m0/s1. The molecular formula is C21H34N6O2. The number of carbonyl (C=O) groups is 1. The highest BCUT2D eigenvalue weighted by atomic mass is 16.5. The van der Waals surface area contributed by atoms with E-state index in [1.165, 1.54) is 12.8 Å². The first-order valence-corrected chi connectivity index (χ1v) is 11.5. The number of piperidine rings is 2. The molecule has 1 aliphatic carbocycles. The monoisotopic (exact) mass is 402 g/mol. The predicted octanol–water partition coefficient (Wildman–Crippen LogP) is 1.40. The molecule has 4 aliphatic rings. The highest BCUT2D eigenvalue weighted by Gasteiger charge is 2.35. The molecule has 0 radical (unpaired) electrons. The van der Waals surface area contributed by atoms with Crippen molar-refractivity contribution in [1.82, 2.24) is 24.8 Å². The summed E-state index contributed by atoms with van der Waals surface area (Å²) in [7, 11) is 2.14. The van der Waals surface area contributed by atoms with Gasteiger partial charge in [0, 0.05) is 57.8 Å². The Hall–Kier alpha value is -1.67. The van der Waals surface area contributed by atoms with E-state index >= 15 is 0 Å². The summed E-state index contributed by atoms with van der Waals surface area (Å²) < 4.78 is 5.43. The van der Waals surface area contributed by atoms with Crippen molar-refractivity contribution in [2.24, 2.45) is 5.92 Å². The topological polar surface area (TPSA) is 69.0 Å².